The average Bonchev–Trinajstić information content (AvgIpc) is 3.31. The summed E-state index contributed by atoms with van der Waals surface area (Å²) in [6.07, 6.45) is 4.22. The third-order valence-electron chi connectivity index (χ3n) is 5.91. The van der Waals surface area contributed by atoms with Crippen LogP contribution in [0.2, 0.25) is 10.0 Å². The fourth-order valence-electron chi connectivity index (χ4n) is 3.98. The normalized spacial score (nSPS) is 15.0. The van der Waals surface area contributed by atoms with E-state index >= 15 is 0 Å². The van der Waals surface area contributed by atoms with Crippen LogP contribution in [-0.4, -0.2) is 64.5 Å². The first-order valence-corrected chi connectivity index (χ1v) is 12.0. The number of aryl methyl sites for hydroxylation is 1. The molecule has 0 unspecified atom stereocenters. The van der Waals surface area contributed by atoms with E-state index in [0.29, 0.717) is 29.6 Å². The topological polar surface area (TPSA) is 53.4 Å². The summed E-state index contributed by atoms with van der Waals surface area (Å²) in [5, 5.41) is 4.24. The number of benzene rings is 2. The van der Waals surface area contributed by atoms with Gasteiger partial charge in [-0.05, 0) is 17.7 Å². The van der Waals surface area contributed by atoms with Crippen molar-refractivity contribution in [3.8, 4) is 11.3 Å². The van der Waals surface area contributed by atoms with E-state index in [4.69, 9.17) is 23.2 Å². The van der Waals surface area contributed by atoms with Gasteiger partial charge in [-0.15, -0.1) is 0 Å². The van der Waals surface area contributed by atoms with Gasteiger partial charge in [0.2, 0.25) is 5.91 Å². The number of amides is 1. The second kappa shape index (κ2) is 11.7. The summed E-state index contributed by atoms with van der Waals surface area (Å²) in [7, 11) is 0. The molecule has 0 spiro atoms. The van der Waals surface area contributed by atoms with Crippen LogP contribution in [0.15, 0.2) is 61.1 Å². The van der Waals surface area contributed by atoms with Crippen LogP contribution in [0.25, 0.3) is 11.3 Å². The summed E-state index contributed by atoms with van der Waals surface area (Å²) < 4.78 is 1.97. The highest BCUT2D eigenvalue weighted by Gasteiger charge is 2.17. The summed E-state index contributed by atoms with van der Waals surface area (Å²) in [4.78, 5) is 21.5. The third-order valence-corrected chi connectivity index (χ3v) is 6.64. The van der Waals surface area contributed by atoms with Crippen molar-refractivity contribution in [1.29, 1.82) is 0 Å². The summed E-state index contributed by atoms with van der Waals surface area (Å²) in [6.45, 7) is 7.03. The molecule has 33 heavy (non-hydrogen) atoms. The molecular formula is C25H29Cl2N5O. The van der Waals surface area contributed by atoms with E-state index in [-0.39, 0.29) is 5.91 Å². The molecule has 0 aliphatic carbocycles. The molecule has 0 atom stereocenters. The van der Waals surface area contributed by atoms with Gasteiger partial charge in [-0.2, -0.15) is 0 Å². The average molecular weight is 486 g/mol. The van der Waals surface area contributed by atoms with Gasteiger partial charge in [-0.1, -0.05) is 59.6 Å². The zero-order valence-electron chi connectivity index (χ0n) is 18.6. The van der Waals surface area contributed by atoms with Gasteiger partial charge in [-0.25, -0.2) is 4.98 Å². The molecule has 0 bridgehead atoms. The largest absolute Gasteiger partial charge is 0.355 e. The van der Waals surface area contributed by atoms with Crippen molar-refractivity contribution >= 4 is 29.1 Å². The molecule has 3 aromatic rings. The van der Waals surface area contributed by atoms with Crippen LogP contribution in [0.1, 0.15) is 12.0 Å². The number of rotatable bonds is 9. The first-order chi connectivity index (χ1) is 16.1. The van der Waals surface area contributed by atoms with Crippen molar-refractivity contribution in [3.63, 3.8) is 0 Å². The van der Waals surface area contributed by atoms with Crippen LogP contribution in [-0.2, 0) is 17.9 Å². The van der Waals surface area contributed by atoms with E-state index in [1.54, 1.807) is 6.33 Å². The van der Waals surface area contributed by atoms with Crippen molar-refractivity contribution in [2.45, 2.75) is 19.5 Å². The number of carbonyl (C=O) groups excluding carboxylic acids is 1. The van der Waals surface area contributed by atoms with Gasteiger partial charge in [0.05, 0.1) is 22.1 Å². The number of piperazine rings is 1. The van der Waals surface area contributed by atoms with Crippen molar-refractivity contribution < 1.29 is 4.79 Å². The number of nitrogens with zero attached hydrogens (tertiary/aromatic N) is 4. The molecule has 1 aliphatic rings. The monoisotopic (exact) mass is 485 g/mol. The highest BCUT2D eigenvalue weighted by atomic mass is 35.5. The molecule has 0 saturated carbocycles. The second-order valence-electron chi connectivity index (χ2n) is 8.33. The lowest BCUT2D eigenvalue weighted by Gasteiger charge is -2.34. The van der Waals surface area contributed by atoms with Crippen molar-refractivity contribution in [1.82, 2.24) is 24.7 Å². The fourth-order valence-corrected chi connectivity index (χ4v) is 4.30. The summed E-state index contributed by atoms with van der Waals surface area (Å²) in [5.74, 6) is 0.0724. The van der Waals surface area contributed by atoms with Gasteiger partial charge in [0.25, 0.3) is 0 Å². The number of hydrogen-bond donors (Lipinski definition) is 1. The molecule has 1 aromatic heterocycles. The lowest BCUT2D eigenvalue weighted by molar-refractivity contribution is -0.121. The Morgan fingerprint density at radius 2 is 1.70 bits per heavy atom. The first kappa shape index (κ1) is 23.8. The molecule has 4 rings (SSSR count). The zero-order valence-corrected chi connectivity index (χ0v) is 20.1. The predicted octanol–water partition coefficient (Wildman–Crippen LogP) is 4.18. The van der Waals surface area contributed by atoms with E-state index in [9.17, 15) is 4.79 Å². The van der Waals surface area contributed by atoms with E-state index in [0.717, 1.165) is 50.5 Å². The Kier molecular flexibility index (Phi) is 8.40. The number of carbonyl (C=O) groups is 1. The lowest BCUT2D eigenvalue weighted by atomic mass is 10.2. The van der Waals surface area contributed by atoms with Crippen LogP contribution < -0.4 is 5.32 Å². The lowest BCUT2D eigenvalue weighted by Crippen LogP contribution is -2.48. The molecule has 1 amide bonds. The smallest absolute Gasteiger partial charge is 0.221 e. The van der Waals surface area contributed by atoms with Gasteiger partial charge >= 0.3 is 0 Å². The standard InChI is InChI=1S/C25H29Cl2N5O/c26-22-7-6-20(16-23(22)27)17-31-14-12-30(13-15-31)11-9-28-25(33)8-10-32-18-24(29-19-32)21-4-2-1-3-5-21/h1-7,16,18-19H,8-15,17H2,(H,28,33). The predicted molar refractivity (Wildman–Crippen MR) is 133 cm³/mol. The van der Waals surface area contributed by atoms with Crippen LogP contribution in [0.5, 0.6) is 0 Å². The minimum atomic E-state index is 0.0724. The summed E-state index contributed by atoms with van der Waals surface area (Å²) in [5.41, 5.74) is 3.19. The summed E-state index contributed by atoms with van der Waals surface area (Å²) in [6, 6.07) is 15.9. The molecular weight excluding hydrogens is 457 g/mol. The fraction of sp³-hybridized carbons (Fsp3) is 0.360. The number of halogens is 2. The molecule has 2 heterocycles. The maximum absolute atomic E-state index is 12.2. The highest BCUT2D eigenvalue weighted by molar-refractivity contribution is 6.42. The molecule has 174 valence electrons. The van der Waals surface area contributed by atoms with Crippen LogP contribution in [0, 0.1) is 0 Å². The maximum atomic E-state index is 12.2. The Morgan fingerprint density at radius 1 is 0.939 bits per heavy atom. The quantitative estimate of drug-likeness (QED) is 0.493. The highest BCUT2D eigenvalue weighted by Crippen LogP contribution is 2.23. The molecule has 1 aliphatic heterocycles. The van der Waals surface area contributed by atoms with Crippen molar-refractivity contribution in [3.05, 3.63) is 76.7 Å². The number of hydrogen-bond acceptors (Lipinski definition) is 4. The van der Waals surface area contributed by atoms with Gasteiger partial charge in [0, 0.05) is 70.5 Å². The van der Waals surface area contributed by atoms with E-state index in [1.165, 1.54) is 5.56 Å². The molecule has 1 N–H and O–H groups in total. The van der Waals surface area contributed by atoms with Gasteiger partial charge in [0.15, 0.2) is 0 Å². The minimum absolute atomic E-state index is 0.0724. The molecule has 1 fully saturated rings. The second-order valence-corrected chi connectivity index (χ2v) is 9.14. The van der Waals surface area contributed by atoms with E-state index in [1.807, 2.05) is 59.3 Å². The Labute approximate surface area is 205 Å². The molecule has 1 saturated heterocycles. The third kappa shape index (κ3) is 7.05. The number of nitrogens with one attached hydrogen (secondary N) is 1. The minimum Gasteiger partial charge on any atom is -0.355 e. The number of imidazole rings is 1. The molecule has 8 heteroatoms. The van der Waals surface area contributed by atoms with E-state index in [2.05, 4.69) is 20.1 Å². The van der Waals surface area contributed by atoms with Crippen LogP contribution in [0.4, 0.5) is 0 Å². The van der Waals surface area contributed by atoms with Gasteiger partial charge < -0.3 is 9.88 Å². The summed E-state index contributed by atoms with van der Waals surface area (Å²) >= 11 is 12.1. The maximum Gasteiger partial charge on any atom is 0.221 e. The van der Waals surface area contributed by atoms with E-state index < -0.39 is 0 Å². The van der Waals surface area contributed by atoms with Crippen LogP contribution in [0.3, 0.4) is 0 Å². The molecule has 2 aromatic carbocycles. The first-order valence-electron chi connectivity index (χ1n) is 11.3. The SMILES string of the molecule is O=C(CCn1cnc(-c2ccccc2)c1)NCCN1CCN(Cc2ccc(Cl)c(Cl)c2)CC1. The zero-order chi connectivity index (χ0) is 23.0. The van der Waals surface area contributed by atoms with Crippen molar-refractivity contribution in [2.75, 3.05) is 39.3 Å². The van der Waals surface area contributed by atoms with Gasteiger partial charge in [-0.3, -0.25) is 14.6 Å². The van der Waals surface area contributed by atoms with Crippen molar-refractivity contribution in [2.24, 2.45) is 0 Å². The molecule has 0 radical (unpaired) electrons. The Bertz CT molecular complexity index is 1050. The Morgan fingerprint density at radius 3 is 2.45 bits per heavy atom. The Balaban J connectivity index is 1.11. The Hall–Kier alpha value is -2.38. The molecule has 6 nitrogen and oxygen atoms in total. The van der Waals surface area contributed by atoms with Crippen LogP contribution >= 0.6 is 23.2 Å². The van der Waals surface area contributed by atoms with Gasteiger partial charge in [0.1, 0.15) is 0 Å². The number of aromatic nitrogens is 2.